The number of carbonyl (C=O) groups excluding carboxylic acids is 1. The van der Waals surface area contributed by atoms with Crippen LogP contribution in [0.2, 0.25) is 0 Å². The molecular weight excluding hydrogens is 344 g/mol. The highest BCUT2D eigenvalue weighted by Crippen LogP contribution is 2.33. The minimum Gasteiger partial charge on any atom is -0.493 e. The first kappa shape index (κ1) is 18.9. The lowest BCUT2D eigenvalue weighted by Gasteiger charge is -2.29. The number of rotatable bonds is 6. The Kier molecular flexibility index (Phi) is 5.78. The van der Waals surface area contributed by atoms with Gasteiger partial charge in [0.2, 0.25) is 0 Å². The molecule has 2 heterocycles. The van der Waals surface area contributed by atoms with Gasteiger partial charge in [0, 0.05) is 25.7 Å². The highest BCUT2D eigenvalue weighted by Gasteiger charge is 2.24. The molecule has 7 heteroatoms. The maximum Gasteiger partial charge on any atom is 0.272 e. The van der Waals surface area contributed by atoms with Crippen molar-refractivity contribution in [1.82, 2.24) is 14.9 Å². The van der Waals surface area contributed by atoms with Gasteiger partial charge in [-0.3, -0.25) is 4.79 Å². The summed E-state index contributed by atoms with van der Waals surface area (Å²) in [5.74, 6) is 2.46. The SMILES string of the molecule is COc1cc2c(cc1OC)CN(C(=O)c1cc(NCC(C)C)ncn1)CC2. The van der Waals surface area contributed by atoms with Crippen molar-refractivity contribution in [2.75, 3.05) is 32.6 Å². The van der Waals surface area contributed by atoms with Crippen molar-refractivity contribution in [2.45, 2.75) is 26.8 Å². The number of nitrogens with one attached hydrogen (secondary N) is 1. The van der Waals surface area contributed by atoms with E-state index < -0.39 is 0 Å². The molecule has 1 aromatic carbocycles. The molecule has 0 bridgehead atoms. The van der Waals surface area contributed by atoms with E-state index in [-0.39, 0.29) is 5.91 Å². The first-order valence-corrected chi connectivity index (χ1v) is 9.10. The Morgan fingerprint density at radius 3 is 2.52 bits per heavy atom. The molecule has 1 aromatic heterocycles. The molecule has 1 aliphatic heterocycles. The van der Waals surface area contributed by atoms with E-state index in [1.165, 1.54) is 11.9 Å². The molecule has 0 saturated carbocycles. The van der Waals surface area contributed by atoms with Crippen LogP contribution in [0.3, 0.4) is 0 Å². The smallest absolute Gasteiger partial charge is 0.272 e. The van der Waals surface area contributed by atoms with Crippen LogP contribution in [-0.2, 0) is 13.0 Å². The van der Waals surface area contributed by atoms with Gasteiger partial charge in [0.05, 0.1) is 14.2 Å². The molecule has 0 unspecified atom stereocenters. The standard InChI is InChI=1S/C20H26N4O3/c1-13(2)10-21-19-9-16(22-12-23-19)20(25)24-6-5-14-7-17(26-3)18(27-4)8-15(14)11-24/h7-9,12-13H,5-6,10-11H2,1-4H3,(H,21,22,23). The number of carbonyl (C=O) groups is 1. The largest absolute Gasteiger partial charge is 0.493 e. The summed E-state index contributed by atoms with van der Waals surface area (Å²) in [5, 5.41) is 3.23. The molecule has 0 saturated heterocycles. The third-order valence-corrected chi connectivity index (χ3v) is 4.58. The van der Waals surface area contributed by atoms with Gasteiger partial charge in [-0.15, -0.1) is 0 Å². The number of ether oxygens (including phenoxy) is 2. The lowest BCUT2D eigenvalue weighted by Crippen LogP contribution is -2.36. The van der Waals surface area contributed by atoms with Gasteiger partial charge in [-0.1, -0.05) is 13.8 Å². The molecule has 0 fully saturated rings. The highest BCUT2D eigenvalue weighted by molar-refractivity contribution is 5.93. The minimum atomic E-state index is -0.0922. The van der Waals surface area contributed by atoms with Crippen molar-refractivity contribution in [1.29, 1.82) is 0 Å². The third-order valence-electron chi connectivity index (χ3n) is 4.58. The van der Waals surface area contributed by atoms with E-state index in [4.69, 9.17) is 9.47 Å². The van der Waals surface area contributed by atoms with Crippen molar-refractivity contribution >= 4 is 11.7 Å². The molecule has 2 aromatic rings. The molecule has 27 heavy (non-hydrogen) atoms. The third kappa shape index (κ3) is 4.30. The Balaban J connectivity index is 1.77. The van der Waals surface area contributed by atoms with Crippen molar-refractivity contribution < 1.29 is 14.3 Å². The summed E-state index contributed by atoms with van der Waals surface area (Å²) in [7, 11) is 3.24. The fourth-order valence-corrected chi connectivity index (χ4v) is 3.10. The van der Waals surface area contributed by atoms with Gasteiger partial charge in [-0.05, 0) is 35.6 Å². The summed E-state index contributed by atoms with van der Waals surface area (Å²) in [6, 6.07) is 5.66. The van der Waals surface area contributed by atoms with Gasteiger partial charge in [0.1, 0.15) is 17.8 Å². The Bertz CT molecular complexity index is 823. The van der Waals surface area contributed by atoms with E-state index in [9.17, 15) is 4.79 Å². The number of methoxy groups -OCH3 is 2. The average molecular weight is 370 g/mol. The number of nitrogens with zero attached hydrogens (tertiary/aromatic N) is 3. The van der Waals surface area contributed by atoms with Crippen LogP contribution in [0.25, 0.3) is 0 Å². The molecular formula is C20H26N4O3. The normalized spacial score (nSPS) is 13.3. The van der Waals surface area contributed by atoms with Crippen LogP contribution in [0.5, 0.6) is 11.5 Å². The van der Waals surface area contributed by atoms with E-state index in [2.05, 4.69) is 29.1 Å². The second kappa shape index (κ2) is 8.24. The lowest BCUT2D eigenvalue weighted by molar-refractivity contribution is 0.0728. The first-order chi connectivity index (χ1) is 13.0. The zero-order valence-electron chi connectivity index (χ0n) is 16.3. The summed E-state index contributed by atoms with van der Waals surface area (Å²) >= 11 is 0. The molecule has 0 spiro atoms. The molecule has 0 radical (unpaired) electrons. The summed E-state index contributed by atoms with van der Waals surface area (Å²) in [6.45, 7) is 6.19. The van der Waals surface area contributed by atoms with Crippen molar-refractivity contribution in [2.24, 2.45) is 5.92 Å². The molecule has 3 rings (SSSR count). The van der Waals surface area contributed by atoms with E-state index in [0.717, 1.165) is 18.5 Å². The Morgan fingerprint density at radius 2 is 1.85 bits per heavy atom. The van der Waals surface area contributed by atoms with Crippen LogP contribution in [0.1, 0.15) is 35.5 Å². The van der Waals surface area contributed by atoms with Gasteiger partial charge in [0.25, 0.3) is 5.91 Å². The highest BCUT2D eigenvalue weighted by atomic mass is 16.5. The molecule has 7 nitrogen and oxygen atoms in total. The monoisotopic (exact) mass is 370 g/mol. The summed E-state index contributed by atoms with van der Waals surface area (Å²) in [4.78, 5) is 23.1. The topological polar surface area (TPSA) is 76.6 Å². The van der Waals surface area contributed by atoms with E-state index in [0.29, 0.717) is 42.0 Å². The molecule has 1 aliphatic rings. The zero-order valence-corrected chi connectivity index (χ0v) is 16.3. The van der Waals surface area contributed by atoms with Gasteiger partial charge in [-0.2, -0.15) is 0 Å². The minimum absolute atomic E-state index is 0.0922. The van der Waals surface area contributed by atoms with E-state index in [1.807, 2.05) is 17.0 Å². The fraction of sp³-hybridized carbons (Fsp3) is 0.450. The van der Waals surface area contributed by atoms with Crippen LogP contribution < -0.4 is 14.8 Å². The maximum atomic E-state index is 12.9. The Morgan fingerprint density at radius 1 is 1.15 bits per heavy atom. The van der Waals surface area contributed by atoms with Gasteiger partial charge in [0.15, 0.2) is 11.5 Å². The van der Waals surface area contributed by atoms with Crippen LogP contribution in [0.4, 0.5) is 5.82 Å². The number of anilines is 1. The zero-order chi connectivity index (χ0) is 19.4. The first-order valence-electron chi connectivity index (χ1n) is 9.10. The van der Waals surface area contributed by atoms with Gasteiger partial charge < -0.3 is 19.7 Å². The molecule has 1 N–H and O–H groups in total. The van der Waals surface area contributed by atoms with Crippen molar-refractivity contribution in [3.05, 3.63) is 41.3 Å². The van der Waals surface area contributed by atoms with Crippen LogP contribution >= 0.6 is 0 Å². The molecule has 144 valence electrons. The number of hydrogen-bond acceptors (Lipinski definition) is 6. The second-order valence-corrected chi connectivity index (χ2v) is 7.02. The van der Waals surface area contributed by atoms with Crippen molar-refractivity contribution in [3.8, 4) is 11.5 Å². The number of hydrogen-bond donors (Lipinski definition) is 1. The van der Waals surface area contributed by atoms with E-state index >= 15 is 0 Å². The van der Waals surface area contributed by atoms with Crippen LogP contribution in [-0.4, -0.2) is 48.1 Å². The number of fused-ring (bicyclic) bond motifs is 1. The van der Waals surface area contributed by atoms with Gasteiger partial charge >= 0.3 is 0 Å². The predicted molar refractivity (Wildman–Crippen MR) is 103 cm³/mol. The number of benzene rings is 1. The summed E-state index contributed by atoms with van der Waals surface area (Å²) in [6.07, 6.45) is 2.20. The second-order valence-electron chi connectivity index (χ2n) is 7.02. The summed E-state index contributed by atoms with van der Waals surface area (Å²) in [5.41, 5.74) is 2.65. The predicted octanol–water partition coefficient (Wildman–Crippen LogP) is 2.76. The summed E-state index contributed by atoms with van der Waals surface area (Å²) < 4.78 is 10.8. The fourth-order valence-electron chi connectivity index (χ4n) is 3.10. The average Bonchev–Trinajstić information content (AvgIpc) is 2.70. The Labute approximate surface area is 159 Å². The maximum absolute atomic E-state index is 12.9. The van der Waals surface area contributed by atoms with Crippen LogP contribution in [0.15, 0.2) is 24.5 Å². The number of amides is 1. The molecule has 0 aliphatic carbocycles. The number of aromatic nitrogens is 2. The van der Waals surface area contributed by atoms with E-state index in [1.54, 1.807) is 20.3 Å². The van der Waals surface area contributed by atoms with Gasteiger partial charge in [-0.25, -0.2) is 9.97 Å². The van der Waals surface area contributed by atoms with Crippen molar-refractivity contribution in [3.63, 3.8) is 0 Å². The quantitative estimate of drug-likeness (QED) is 0.843. The molecule has 1 amide bonds. The Hall–Kier alpha value is -2.83. The molecule has 0 atom stereocenters. The lowest BCUT2D eigenvalue weighted by atomic mass is 9.98. The van der Waals surface area contributed by atoms with Crippen LogP contribution in [0, 0.1) is 5.92 Å².